The third-order valence-corrected chi connectivity index (χ3v) is 2.77. The van der Waals surface area contributed by atoms with Gasteiger partial charge >= 0.3 is 11.9 Å². The van der Waals surface area contributed by atoms with Gasteiger partial charge in [0.05, 0.1) is 18.9 Å². The highest BCUT2D eigenvalue weighted by atomic mass is 16.5. The second-order valence-corrected chi connectivity index (χ2v) is 4.13. The Labute approximate surface area is 121 Å². The molecule has 0 aliphatic heterocycles. The van der Waals surface area contributed by atoms with Crippen molar-refractivity contribution in [3.05, 3.63) is 59.4 Å². The topological polar surface area (TPSA) is 85.7 Å². The summed E-state index contributed by atoms with van der Waals surface area (Å²) in [6, 6.07) is 9.28. The number of ether oxygens (including phenoxy) is 2. The first-order valence-electron chi connectivity index (χ1n) is 6.10. The second-order valence-electron chi connectivity index (χ2n) is 4.13. The van der Waals surface area contributed by atoms with E-state index in [0.717, 1.165) is 11.8 Å². The molecule has 0 bridgehead atoms. The molecule has 1 aromatic carbocycles. The molecule has 0 aliphatic carbocycles. The lowest BCUT2D eigenvalue weighted by molar-refractivity contribution is 0.0576. The van der Waals surface area contributed by atoms with Gasteiger partial charge in [-0.1, -0.05) is 30.3 Å². The molecule has 1 heterocycles. The monoisotopic (exact) mass is 287 g/mol. The highest BCUT2D eigenvalue weighted by molar-refractivity contribution is 6.04. The molecule has 0 saturated heterocycles. The van der Waals surface area contributed by atoms with Gasteiger partial charge in [-0.25, -0.2) is 9.59 Å². The van der Waals surface area contributed by atoms with Crippen molar-refractivity contribution in [3.8, 4) is 5.75 Å². The van der Waals surface area contributed by atoms with E-state index in [-0.39, 0.29) is 23.5 Å². The minimum absolute atomic E-state index is 0.0746. The first-order chi connectivity index (χ1) is 10.1. The van der Waals surface area contributed by atoms with Crippen molar-refractivity contribution in [1.29, 1.82) is 0 Å². The Bertz CT molecular complexity index is 654. The smallest absolute Gasteiger partial charge is 0.342 e. The van der Waals surface area contributed by atoms with Crippen molar-refractivity contribution in [1.82, 2.24) is 4.98 Å². The summed E-state index contributed by atoms with van der Waals surface area (Å²) >= 11 is 0. The summed E-state index contributed by atoms with van der Waals surface area (Å²) in [5.74, 6) is -1.98. The standard InChI is InChI=1S/C15H13NO5/c1-20-15(19)13-11(14(17)18)7-16-8-12(13)21-9-10-5-3-2-4-6-10/h2-8H,9H2,1H3,(H,17,18). The zero-order valence-corrected chi connectivity index (χ0v) is 11.3. The van der Waals surface area contributed by atoms with E-state index in [2.05, 4.69) is 9.72 Å². The molecule has 2 rings (SSSR count). The predicted octanol–water partition coefficient (Wildman–Crippen LogP) is 2.15. The summed E-state index contributed by atoms with van der Waals surface area (Å²) in [6.45, 7) is 0.190. The van der Waals surface area contributed by atoms with E-state index in [1.54, 1.807) is 0 Å². The number of carbonyl (C=O) groups is 2. The van der Waals surface area contributed by atoms with Gasteiger partial charge in [-0.2, -0.15) is 0 Å². The van der Waals surface area contributed by atoms with Crippen molar-refractivity contribution in [2.45, 2.75) is 6.61 Å². The van der Waals surface area contributed by atoms with Crippen LogP contribution in [0.2, 0.25) is 0 Å². The highest BCUT2D eigenvalue weighted by Gasteiger charge is 2.23. The van der Waals surface area contributed by atoms with Crippen molar-refractivity contribution in [2.24, 2.45) is 0 Å². The number of methoxy groups -OCH3 is 1. The van der Waals surface area contributed by atoms with Gasteiger partial charge in [0.15, 0.2) is 5.75 Å². The number of carboxylic acid groups (broad SMARTS) is 1. The molecule has 0 fully saturated rings. The van der Waals surface area contributed by atoms with Crippen LogP contribution >= 0.6 is 0 Å². The normalized spacial score (nSPS) is 9.95. The van der Waals surface area contributed by atoms with E-state index in [1.807, 2.05) is 30.3 Å². The van der Waals surface area contributed by atoms with Crippen LogP contribution in [0.5, 0.6) is 5.75 Å². The van der Waals surface area contributed by atoms with Gasteiger partial charge in [0.2, 0.25) is 0 Å². The van der Waals surface area contributed by atoms with Crippen LogP contribution in [0.3, 0.4) is 0 Å². The molecule has 2 aromatic rings. The van der Waals surface area contributed by atoms with Gasteiger partial charge < -0.3 is 14.6 Å². The summed E-state index contributed by atoms with van der Waals surface area (Å²) in [5.41, 5.74) is 0.484. The number of esters is 1. The van der Waals surface area contributed by atoms with Gasteiger partial charge in [-0.05, 0) is 5.56 Å². The third kappa shape index (κ3) is 3.36. The minimum Gasteiger partial charge on any atom is -0.486 e. The first-order valence-corrected chi connectivity index (χ1v) is 6.10. The van der Waals surface area contributed by atoms with Crippen molar-refractivity contribution < 1.29 is 24.2 Å². The lowest BCUT2D eigenvalue weighted by Gasteiger charge is -2.11. The number of nitrogens with zero attached hydrogens (tertiary/aromatic N) is 1. The number of aromatic carboxylic acids is 1. The molecule has 0 atom stereocenters. The van der Waals surface area contributed by atoms with Gasteiger partial charge in [-0.15, -0.1) is 0 Å². The Kier molecular flexibility index (Phi) is 4.50. The maximum absolute atomic E-state index is 11.8. The molecule has 6 heteroatoms. The summed E-state index contributed by atoms with van der Waals surface area (Å²) in [6.07, 6.45) is 2.38. The second kappa shape index (κ2) is 6.51. The average Bonchev–Trinajstić information content (AvgIpc) is 2.52. The average molecular weight is 287 g/mol. The zero-order chi connectivity index (χ0) is 15.2. The fourth-order valence-electron chi connectivity index (χ4n) is 1.76. The molecule has 0 amide bonds. The summed E-state index contributed by atoms with van der Waals surface area (Å²) in [7, 11) is 1.18. The van der Waals surface area contributed by atoms with Crippen LogP contribution in [0.4, 0.5) is 0 Å². The largest absolute Gasteiger partial charge is 0.486 e. The van der Waals surface area contributed by atoms with Gasteiger partial charge in [0.25, 0.3) is 0 Å². The fraction of sp³-hybridized carbons (Fsp3) is 0.133. The molecule has 0 spiro atoms. The number of carbonyl (C=O) groups excluding carboxylic acids is 1. The van der Waals surface area contributed by atoms with Crippen LogP contribution < -0.4 is 4.74 Å². The van der Waals surface area contributed by atoms with Gasteiger partial charge in [0.1, 0.15) is 12.2 Å². The number of benzene rings is 1. The van der Waals surface area contributed by atoms with E-state index in [4.69, 9.17) is 9.84 Å². The number of pyridine rings is 1. The molecule has 0 aliphatic rings. The van der Waals surface area contributed by atoms with Crippen molar-refractivity contribution >= 4 is 11.9 Å². The van der Waals surface area contributed by atoms with E-state index in [0.29, 0.717) is 0 Å². The molecule has 108 valence electrons. The Balaban J connectivity index is 2.32. The third-order valence-electron chi connectivity index (χ3n) is 2.77. The summed E-state index contributed by atoms with van der Waals surface area (Å²) in [4.78, 5) is 26.7. The van der Waals surface area contributed by atoms with Crippen LogP contribution in [-0.2, 0) is 11.3 Å². The van der Waals surface area contributed by atoms with E-state index in [1.165, 1.54) is 13.3 Å². The van der Waals surface area contributed by atoms with Crippen LogP contribution in [0.1, 0.15) is 26.3 Å². The summed E-state index contributed by atoms with van der Waals surface area (Å²) < 4.78 is 10.1. The Hall–Kier alpha value is -2.89. The Morgan fingerprint density at radius 1 is 1.19 bits per heavy atom. The zero-order valence-electron chi connectivity index (χ0n) is 11.3. The number of carboxylic acids is 1. The molecule has 0 unspecified atom stereocenters. The maximum atomic E-state index is 11.8. The van der Waals surface area contributed by atoms with E-state index < -0.39 is 11.9 Å². The summed E-state index contributed by atoms with van der Waals surface area (Å²) in [5, 5.41) is 9.12. The van der Waals surface area contributed by atoms with Crippen LogP contribution in [0.15, 0.2) is 42.7 Å². The Morgan fingerprint density at radius 3 is 2.52 bits per heavy atom. The molecular weight excluding hydrogens is 274 g/mol. The van der Waals surface area contributed by atoms with Crippen LogP contribution in [-0.4, -0.2) is 29.1 Å². The molecule has 21 heavy (non-hydrogen) atoms. The van der Waals surface area contributed by atoms with Crippen LogP contribution in [0, 0.1) is 0 Å². The van der Waals surface area contributed by atoms with Crippen LogP contribution in [0.25, 0.3) is 0 Å². The number of rotatable bonds is 5. The molecule has 1 N–H and O–H groups in total. The fourth-order valence-corrected chi connectivity index (χ4v) is 1.76. The molecule has 0 radical (unpaired) electrons. The minimum atomic E-state index is -1.27. The van der Waals surface area contributed by atoms with Gasteiger partial charge in [-0.3, -0.25) is 4.98 Å². The van der Waals surface area contributed by atoms with E-state index in [9.17, 15) is 9.59 Å². The maximum Gasteiger partial charge on any atom is 0.342 e. The Morgan fingerprint density at radius 2 is 1.90 bits per heavy atom. The van der Waals surface area contributed by atoms with Crippen molar-refractivity contribution in [2.75, 3.05) is 7.11 Å². The SMILES string of the molecule is COC(=O)c1c(OCc2ccccc2)cncc1C(=O)O. The van der Waals surface area contributed by atoms with Crippen molar-refractivity contribution in [3.63, 3.8) is 0 Å². The quantitative estimate of drug-likeness (QED) is 0.848. The lowest BCUT2D eigenvalue weighted by atomic mass is 10.1. The highest BCUT2D eigenvalue weighted by Crippen LogP contribution is 2.23. The van der Waals surface area contributed by atoms with Gasteiger partial charge in [0, 0.05) is 6.20 Å². The first kappa shape index (κ1) is 14.5. The molecule has 1 aromatic heterocycles. The lowest BCUT2D eigenvalue weighted by Crippen LogP contribution is -2.13. The number of hydrogen-bond donors (Lipinski definition) is 1. The molecule has 6 nitrogen and oxygen atoms in total. The molecule has 0 saturated carbocycles. The molecular formula is C15H13NO5. The number of aromatic nitrogens is 1. The van der Waals surface area contributed by atoms with E-state index >= 15 is 0 Å². The number of hydrogen-bond acceptors (Lipinski definition) is 5. The predicted molar refractivity (Wildman–Crippen MR) is 73.3 cm³/mol.